The van der Waals surface area contributed by atoms with Crippen LogP contribution in [0.2, 0.25) is 0 Å². The second kappa shape index (κ2) is 17.3. The lowest BCUT2D eigenvalue weighted by Crippen LogP contribution is -2.32. The van der Waals surface area contributed by atoms with Crippen LogP contribution in [0.25, 0.3) is 28.2 Å². The van der Waals surface area contributed by atoms with Crippen LogP contribution in [-0.4, -0.2) is 9.97 Å². The summed E-state index contributed by atoms with van der Waals surface area (Å²) < 4.78 is 0. The fourth-order valence-corrected chi connectivity index (χ4v) is 9.97. The summed E-state index contributed by atoms with van der Waals surface area (Å²) in [7, 11) is 0. The largest absolute Gasteiger partial charge is 0.228 e. The molecule has 8 aromatic rings. The molecular formula is C60H48N2. The molecule has 0 radical (unpaired) electrons. The van der Waals surface area contributed by atoms with Crippen LogP contribution in [0, 0.1) is 0 Å². The van der Waals surface area contributed by atoms with Crippen LogP contribution >= 0.6 is 0 Å². The lowest BCUT2D eigenvalue weighted by Gasteiger charge is -2.39. The van der Waals surface area contributed by atoms with Crippen LogP contribution in [-0.2, 0) is 10.8 Å². The molecule has 0 spiro atoms. The fraction of sp³-hybridized carbons (Fsp3) is 0.100. The summed E-state index contributed by atoms with van der Waals surface area (Å²) in [6.45, 7) is 0. The highest BCUT2D eigenvalue weighted by atomic mass is 14.9. The highest BCUT2D eigenvalue weighted by Gasteiger charge is 2.41. The van der Waals surface area contributed by atoms with E-state index in [0.717, 1.165) is 54.0 Å². The molecule has 2 heteroatoms. The number of hydrogen-bond acceptors (Lipinski definition) is 2. The van der Waals surface area contributed by atoms with Gasteiger partial charge in [-0.2, -0.15) is 0 Å². The van der Waals surface area contributed by atoms with Crippen LogP contribution in [0.1, 0.15) is 64.8 Å². The van der Waals surface area contributed by atoms with E-state index in [-0.39, 0.29) is 0 Å². The van der Waals surface area contributed by atoms with Gasteiger partial charge in [0, 0.05) is 11.1 Å². The van der Waals surface area contributed by atoms with Crippen LogP contribution in [0.4, 0.5) is 0 Å². The zero-order valence-electron chi connectivity index (χ0n) is 34.8. The second-order valence-corrected chi connectivity index (χ2v) is 16.3. The molecule has 0 bridgehead atoms. The van der Waals surface area contributed by atoms with Crippen molar-refractivity contribution >= 4 is 5.57 Å². The molecule has 62 heavy (non-hydrogen) atoms. The summed E-state index contributed by atoms with van der Waals surface area (Å²) in [5.41, 5.74) is 14.1. The van der Waals surface area contributed by atoms with Gasteiger partial charge in [-0.3, -0.25) is 0 Å². The molecule has 0 amide bonds. The van der Waals surface area contributed by atoms with Gasteiger partial charge >= 0.3 is 0 Å². The predicted octanol–water partition coefficient (Wildman–Crippen LogP) is 14.6. The highest BCUT2D eigenvalue weighted by Crippen LogP contribution is 2.50. The van der Waals surface area contributed by atoms with E-state index in [9.17, 15) is 0 Å². The van der Waals surface area contributed by atoms with Gasteiger partial charge < -0.3 is 0 Å². The summed E-state index contributed by atoms with van der Waals surface area (Å²) in [5.74, 6) is 0.721. The van der Waals surface area contributed by atoms with Crippen LogP contribution in [0.15, 0.2) is 254 Å². The number of nitrogens with zero attached hydrogens (tertiary/aromatic N) is 2. The third kappa shape index (κ3) is 7.08. The number of benzene rings is 7. The first-order valence-electron chi connectivity index (χ1n) is 21.9. The van der Waals surface area contributed by atoms with Gasteiger partial charge in [-0.25, -0.2) is 9.97 Å². The van der Waals surface area contributed by atoms with E-state index in [1.807, 2.05) is 0 Å². The fourth-order valence-electron chi connectivity index (χ4n) is 9.97. The molecule has 7 aromatic carbocycles. The predicted molar refractivity (Wildman–Crippen MR) is 257 cm³/mol. The molecule has 0 aliphatic heterocycles. The first-order valence-corrected chi connectivity index (χ1v) is 21.9. The standard InChI is InChI=1S/C60H48N2/c1-8-24-45(25-9-1)58-61-56(46-26-22-40-54(42-46)59(48-28-10-2-11-29-48,49-30-12-3-13-31-49)50-32-14-4-15-33-50)44-57(62-58)47-27-23-41-55(43-47)60(51-34-16-5-17-35-51,52-36-18-6-19-37-52)53-38-20-7-21-39-53/h1-20,23-25,27-38,40-44H,21-22,26,39H2. The van der Waals surface area contributed by atoms with Gasteiger partial charge in [0.05, 0.1) is 22.2 Å². The van der Waals surface area contributed by atoms with E-state index in [1.165, 1.54) is 50.1 Å². The maximum atomic E-state index is 5.40. The van der Waals surface area contributed by atoms with Gasteiger partial charge in [0.25, 0.3) is 0 Å². The molecule has 0 unspecified atom stereocenters. The molecule has 2 nitrogen and oxygen atoms in total. The average molecular weight is 797 g/mol. The molecule has 10 rings (SSSR count). The van der Waals surface area contributed by atoms with Gasteiger partial charge in [0.2, 0.25) is 0 Å². The number of hydrogen-bond donors (Lipinski definition) is 0. The lowest BCUT2D eigenvalue weighted by atomic mass is 9.63. The first kappa shape index (κ1) is 38.8. The summed E-state index contributed by atoms with van der Waals surface area (Å²) >= 11 is 0. The first-order chi connectivity index (χ1) is 30.7. The van der Waals surface area contributed by atoms with E-state index < -0.39 is 10.8 Å². The average Bonchev–Trinajstić information content (AvgIpc) is 3.37. The van der Waals surface area contributed by atoms with Crippen LogP contribution < -0.4 is 0 Å². The van der Waals surface area contributed by atoms with Gasteiger partial charge in [-0.1, -0.05) is 236 Å². The van der Waals surface area contributed by atoms with Crippen molar-refractivity contribution in [3.63, 3.8) is 0 Å². The highest BCUT2D eigenvalue weighted by molar-refractivity contribution is 5.77. The van der Waals surface area contributed by atoms with Crippen LogP contribution in [0.3, 0.4) is 0 Å². The van der Waals surface area contributed by atoms with E-state index in [2.05, 4.69) is 243 Å². The Labute approximate surface area is 366 Å². The monoisotopic (exact) mass is 796 g/mol. The summed E-state index contributed by atoms with van der Waals surface area (Å²) in [6.07, 6.45) is 15.5. The van der Waals surface area contributed by atoms with Crippen molar-refractivity contribution in [3.8, 4) is 22.6 Å². The Morgan fingerprint density at radius 2 is 0.855 bits per heavy atom. The molecule has 298 valence electrons. The van der Waals surface area contributed by atoms with E-state index in [1.54, 1.807) is 0 Å². The van der Waals surface area contributed by atoms with E-state index >= 15 is 0 Å². The maximum absolute atomic E-state index is 5.40. The Balaban J connectivity index is 1.17. The Morgan fingerprint density at radius 3 is 1.37 bits per heavy atom. The molecule has 0 N–H and O–H groups in total. The molecule has 2 aliphatic carbocycles. The van der Waals surface area contributed by atoms with Crippen molar-refractivity contribution < 1.29 is 0 Å². The third-order valence-electron chi connectivity index (χ3n) is 12.7. The van der Waals surface area contributed by atoms with Crippen LogP contribution in [0.5, 0.6) is 0 Å². The van der Waals surface area contributed by atoms with Crippen molar-refractivity contribution in [1.29, 1.82) is 0 Å². The Kier molecular flexibility index (Phi) is 10.8. The molecular weight excluding hydrogens is 749 g/mol. The van der Waals surface area contributed by atoms with Gasteiger partial charge in [-0.15, -0.1) is 0 Å². The zero-order valence-corrected chi connectivity index (χ0v) is 34.8. The topological polar surface area (TPSA) is 25.8 Å². The van der Waals surface area contributed by atoms with Crippen molar-refractivity contribution in [2.75, 3.05) is 0 Å². The number of allylic oxidation sites excluding steroid dienone is 8. The van der Waals surface area contributed by atoms with E-state index in [0.29, 0.717) is 0 Å². The molecule has 1 aromatic heterocycles. The number of aromatic nitrogens is 2. The molecule has 0 atom stereocenters. The quantitative estimate of drug-likeness (QED) is 0.122. The molecule has 0 fully saturated rings. The smallest absolute Gasteiger partial charge is 0.160 e. The third-order valence-corrected chi connectivity index (χ3v) is 12.7. The van der Waals surface area contributed by atoms with Crippen molar-refractivity contribution in [2.24, 2.45) is 0 Å². The zero-order chi connectivity index (χ0) is 41.6. The Bertz CT molecular complexity index is 2780. The van der Waals surface area contributed by atoms with Crippen molar-refractivity contribution in [2.45, 2.75) is 36.5 Å². The Hall–Kier alpha value is -7.42. The normalized spacial score (nSPS) is 14.1. The minimum Gasteiger partial charge on any atom is -0.228 e. The number of rotatable bonds is 11. The van der Waals surface area contributed by atoms with Gasteiger partial charge in [-0.05, 0) is 82.3 Å². The molecule has 0 saturated heterocycles. The van der Waals surface area contributed by atoms with Gasteiger partial charge in [0.1, 0.15) is 0 Å². The maximum Gasteiger partial charge on any atom is 0.160 e. The molecule has 0 saturated carbocycles. The van der Waals surface area contributed by atoms with Gasteiger partial charge in [0.15, 0.2) is 5.82 Å². The molecule has 2 aliphatic rings. The minimum absolute atomic E-state index is 0.497. The second-order valence-electron chi connectivity index (χ2n) is 16.3. The van der Waals surface area contributed by atoms with E-state index in [4.69, 9.17) is 9.97 Å². The minimum atomic E-state index is -0.539. The summed E-state index contributed by atoms with van der Waals surface area (Å²) in [4.78, 5) is 10.8. The molecule has 1 heterocycles. The summed E-state index contributed by atoms with van der Waals surface area (Å²) in [6, 6.07) is 76.7. The Morgan fingerprint density at radius 1 is 0.387 bits per heavy atom. The van der Waals surface area contributed by atoms with Crippen molar-refractivity contribution in [1.82, 2.24) is 9.97 Å². The van der Waals surface area contributed by atoms with Crippen molar-refractivity contribution in [3.05, 3.63) is 293 Å². The lowest BCUT2D eigenvalue weighted by molar-refractivity contribution is 0.676. The summed E-state index contributed by atoms with van der Waals surface area (Å²) in [5, 5.41) is 0. The SMILES string of the molecule is C1=CCCC(C(c2ccccc2)(c2ccccc2)c2cccc(-c3cc(C4=CC(C(c5ccccc5)(c5ccccc5)c5ccccc5)=CCC4)nc(-c4ccccc4)n3)c2)=C1.